The van der Waals surface area contributed by atoms with Gasteiger partial charge in [-0.3, -0.25) is 14.7 Å². The number of benzene rings is 1. The molecular formula is C19H18N4O2. The molecule has 0 atom stereocenters. The molecule has 4 rings (SSSR count). The van der Waals surface area contributed by atoms with Crippen molar-refractivity contribution < 1.29 is 9.21 Å². The number of hydrogen-bond donors (Lipinski definition) is 1. The normalized spacial score (nSPS) is 13.6. The number of aromatic nitrogens is 2. The summed E-state index contributed by atoms with van der Waals surface area (Å²) in [6.07, 6.45) is 3.39. The Kier molecular flexibility index (Phi) is 4.26. The van der Waals surface area contributed by atoms with E-state index in [0.717, 1.165) is 23.6 Å². The maximum absolute atomic E-state index is 12.2. The van der Waals surface area contributed by atoms with Gasteiger partial charge in [-0.25, -0.2) is 4.98 Å². The van der Waals surface area contributed by atoms with Crippen molar-refractivity contribution in [2.75, 3.05) is 0 Å². The molecule has 0 saturated carbocycles. The number of hydrogen-bond acceptors (Lipinski definition) is 5. The van der Waals surface area contributed by atoms with Crippen molar-refractivity contribution >= 4 is 5.91 Å². The average molecular weight is 334 g/mol. The highest BCUT2D eigenvalue weighted by Crippen LogP contribution is 2.24. The van der Waals surface area contributed by atoms with Gasteiger partial charge >= 0.3 is 5.91 Å². The molecule has 0 spiro atoms. The van der Waals surface area contributed by atoms with Crippen LogP contribution in [0.25, 0.3) is 0 Å². The Morgan fingerprint density at radius 2 is 1.88 bits per heavy atom. The number of rotatable bonds is 5. The SMILES string of the molecule is O=C(NCc1ccncc1)c1nc2c(o1)CN(Cc1ccccc1)C2. The number of pyridine rings is 1. The fraction of sp³-hybridized carbons (Fsp3) is 0.211. The van der Waals surface area contributed by atoms with Crippen LogP contribution in [0.3, 0.4) is 0 Å². The molecule has 6 nitrogen and oxygen atoms in total. The standard InChI is InChI=1S/C19H18N4O2/c24-18(21-10-14-6-8-20-9-7-14)19-22-16-12-23(13-17(16)25-19)11-15-4-2-1-3-5-15/h1-9H,10-13H2,(H,21,24). The Bertz CT molecular complexity index is 838. The van der Waals surface area contributed by atoms with Crippen LogP contribution in [-0.4, -0.2) is 20.8 Å². The van der Waals surface area contributed by atoms with Gasteiger partial charge in [0.15, 0.2) is 0 Å². The minimum Gasteiger partial charge on any atom is -0.436 e. The molecule has 0 bridgehead atoms. The molecule has 1 aliphatic rings. The van der Waals surface area contributed by atoms with E-state index in [9.17, 15) is 4.79 Å². The molecule has 0 saturated heterocycles. The van der Waals surface area contributed by atoms with Gasteiger partial charge in [-0.05, 0) is 23.3 Å². The van der Waals surface area contributed by atoms with E-state index in [0.29, 0.717) is 19.6 Å². The zero-order chi connectivity index (χ0) is 17.1. The van der Waals surface area contributed by atoms with Crippen LogP contribution in [0.4, 0.5) is 0 Å². The van der Waals surface area contributed by atoms with Crippen LogP contribution in [0.15, 0.2) is 59.3 Å². The summed E-state index contributed by atoms with van der Waals surface area (Å²) in [4.78, 5) is 22.8. The van der Waals surface area contributed by atoms with Gasteiger partial charge in [-0.2, -0.15) is 0 Å². The lowest BCUT2D eigenvalue weighted by atomic mass is 10.2. The zero-order valence-electron chi connectivity index (χ0n) is 13.7. The maximum atomic E-state index is 12.2. The molecule has 1 aliphatic heterocycles. The van der Waals surface area contributed by atoms with E-state index in [-0.39, 0.29) is 11.8 Å². The van der Waals surface area contributed by atoms with Crippen molar-refractivity contribution in [2.45, 2.75) is 26.2 Å². The van der Waals surface area contributed by atoms with Gasteiger partial charge < -0.3 is 9.73 Å². The van der Waals surface area contributed by atoms with E-state index in [4.69, 9.17) is 4.42 Å². The molecule has 6 heteroatoms. The van der Waals surface area contributed by atoms with Crippen molar-refractivity contribution in [3.63, 3.8) is 0 Å². The monoisotopic (exact) mass is 334 g/mol. The second-order valence-electron chi connectivity index (χ2n) is 6.06. The lowest BCUT2D eigenvalue weighted by Gasteiger charge is -2.14. The van der Waals surface area contributed by atoms with E-state index in [1.807, 2.05) is 30.3 Å². The molecule has 1 amide bonds. The van der Waals surface area contributed by atoms with Crippen LogP contribution >= 0.6 is 0 Å². The fourth-order valence-corrected chi connectivity index (χ4v) is 2.91. The Morgan fingerprint density at radius 3 is 2.64 bits per heavy atom. The minimum absolute atomic E-state index is 0.137. The van der Waals surface area contributed by atoms with Gasteiger partial charge in [-0.1, -0.05) is 30.3 Å². The van der Waals surface area contributed by atoms with Crippen LogP contribution in [-0.2, 0) is 26.2 Å². The summed E-state index contributed by atoms with van der Waals surface area (Å²) in [7, 11) is 0. The highest BCUT2D eigenvalue weighted by Gasteiger charge is 2.27. The molecule has 1 aromatic carbocycles. The van der Waals surface area contributed by atoms with Crippen molar-refractivity contribution in [2.24, 2.45) is 0 Å². The predicted octanol–water partition coefficient (Wildman–Crippen LogP) is 2.52. The smallest absolute Gasteiger partial charge is 0.307 e. The van der Waals surface area contributed by atoms with E-state index in [1.54, 1.807) is 12.4 Å². The number of amides is 1. The first-order valence-corrected chi connectivity index (χ1v) is 8.20. The first-order valence-electron chi connectivity index (χ1n) is 8.20. The van der Waals surface area contributed by atoms with Crippen molar-refractivity contribution in [3.8, 4) is 0 Å². The summed E-state index contributed by atoms with van der Waals surface area (Å²) in [5.41, 5.74) is 3.09. The molecule has 0 radical (unpaired) electrons. The van der Waals surface area contributed by atoms with E-state index >= 15 is 0 Å². The Labute approximate surface area is 145 Å². The van der Waals surface area contributed by atoms with Crippen LogP contribution in [0.1, 0.15) is 33.3 Å². The summed E-state index contributed by atoms with van der Waals surface area (Å²) in [6.45, 7) is 2.64. The molecule has 3 heterocycles. The number of nitrogens with zero attached hydrogens (tertiary/aromatic N) is 3. The quantitative estimate of drug-likeness (QED) is 0.776. The summed E-state index contributed by atoms with van der Waals surface area (Å²) in [5, 5.41) is 2.82. The largest absolute Gasteiger partial charge is 0.436 e. The lowest BCUT2D eigenvalue weighted by molar-refractivity contribution is 0.0911. The molecule has 0 unspecified atom stereocenters. The Morgan fingerprint density at radius 1 is 1.08 bits per heavy atom. The van der Waals surface area contributed by atoms with Gasteiger partial charge in [0.2, 0.25) is 0 Å². The van der Waals surface area contributed by atoms with Gasteiger partial charge in [0, 0.05) is 32.0 Å². The number of carbonyl (C=O) groups excluding carboxylic acids is 1. The first kappa shape index (κ1) is 15.5. The third-order valence-electron chi connectivity index (χ3n) is 4.16. The van der Waals surface area contributed by atoms with E-state index in [2.05, 4.69) is 32.3 Å². The third kappa shape index (κ3) is 3.59. The highest BCUT2D eigenvalue weighted by atomic mass is 16.4. The molecule has 126 valence electrons. The van der Waals surface area contributed by atoms with E-state index < -0.39 is 0 Å². The van der Waals surface area contributed by atoms with Gasteiger partial charge in [-0.15, -0.1) is 0 Å². The molecule has 3 aromatic rings. The molecule has 0 fully saturated rings. The van der Waals surface area contributed by atoms with E-state index in [1.165, 1.54) is 5.56 Å². The first-order chi connectivity index (χ1) is 12.3. The van der Waals surface area contributed by atoms with Crippen molar-refractivity contribution in [1.29, 1.82) is 0 Å². The van der Waals surface area contributed by atoms with Crippen molar-refractivity contribution in [3.05, 3.63) is 83.3 Å². The number of fused-ring (bicyclic) bond motifs is 1. The Hall–Kier alpha value is -2.99. The highest BCUT2D eigenvalue weighted by molar-refractivity contribution is 5.89. The zero-order valence-corrected chi connectivity index (χ0v) is 13.7. The van der Waals surface area contributed by atoms with Crippen LogP contribution in [0.2, 0.25) is 0 Å². The van der Waals surface area contributed by atoms with Crippen LogP contribution in [0.5, 0.6) is 0 Å². The van der Waals surface area contributed by atoms with Crippen molar-refractivity contribution in [1.82, 2.24) is 20.2 Å². The summed E-state index contributed by atoms with van der Waals surface area (Å²) < 4.78 is 5.67. The molecular weight excluding hydrogens is 316 g/mol. The van der Waals surface area contributed by atoms with Crippen LogP contribution in [0, 0.1) is 0 Å². The van der Waals surface area contributed by atoms with Gasteiger partial charge in [0.1, 0.15) is 5.76 Å². The number of carbonyl (C=O) groups is 1. The molecule has 1 N–H and O–H groups in total. The topological polar surface area (TPSA) is 71.3 Å². The molecule has 0 aliphatic carbocycles. The van der Waals surface area contributed by atoms with Crippen LogP contribution < -0.4 is 5.32 Å². The summed E-state index contributed by atoms with van der Waals surface area (Å²) in [6, 6.07) is 14.0. The Balaban J connectivity index is 1.35. The number of oxazole rings is 1. The maximum Gasteiger partial charge on any atom is 0.307 e. The predicted molar refractivity (Wildman–Crippen MR) is 91.3 cm³/mol. The fourth-order valence-electron chi connectivity index (χ4n) is 2.91. The molecule has 2 aromatic heterocycles. The second kappa shape index (κ2) is 6.86. The summed E-state index contributed by atoms with van der Waals surface area (Å²) >= 11 is 0. The minimum atomic E-state index is -0.291. The lowest BCUT2D eigenvalue weighted by Crippen LogP contribution is -2.23. The van der Waals surface area contributed by atoms with Gasteiger partial charge in [0.25, 0.3) is 5.89 Å². The van der Waals surface area contributed by atoms with Gasteiger partial charge in [0.05, 0.1) is 12.2 Å². The average Bonchev–Trinajstić information content (AvgIpc) is 3.20. The number of nitrogens with one attached hydrogen (secondary N) is 1. The summed E-state index contributed by atoms with van der Waals surface area (Å²) in [5.74, 6) is 0.629. The third-order valence-corrected chi connectivity index (χ3v) is 4.16. The molecule has 25 heavy (non-hydrogen) atoms. The second-order valence-corrected chi connectivity index (χ2v) is 6.06.